The SMILES string of the molecule is Cc1ccc(Nc2ccccc2C[N+]2(C(C)C)C=CC=N2)cc1. The third-order valence-electron chi connectivity index (χ3n) is 4.38. The molecule has 0 saturated carbocycles. The zero-order valence-corrected chi connectivity index (χ0v) is 14.0. The largest absolute Gasteiger partial charge is 0.355 e. The molecule has 0 saturated heterocycles. The Kier molecular flexibility index (Phi) is 4.30. The van der Waals surface area contributed by atoms with E-state index in [4.69, 9.17) is 5.10 Å². The van der Waals surface area contributed by atoms with Crippen molar-refractivity contribution < 1.29 is 4.59 Å². The molecule has 0 aliphatic carbocycles. The molecule has 0 spiro atoms. The summed E-state index contributed by atoms with van der Waals surface area (Å²) in [6.45, 7) is 7.37. The maximum absolute atomic E-state index is 4.70. The molecule has 118 valence electrons. The lowest BCUT2D eigenvalue weighted by molar-refractivity contribution is -0.917. The second-order valence-corrected chi connectivity index (χ2v) is 6.39. The van der Waals surface area contributed by atoms with E-state index in [1.165, 1.54) is 11.1 Å². The Hall–Kier alpha value is -2.39. The minimum atomic E-state index is 0.400. The van der Waals surface area contributed by atoms with Crippen molar-refractivity contribution in [3.63, 3.8) is 0 Å². The molecule has 1 heterocycles. The van der Waals surface area contributed by atoms with Gasteiger partial charge in [0, 0.05) is 23.0 Å². The summed E-state index contributed by atoms with van der Waals surface area (Å²) >= 11 is 0. The van der Waals surface area contributed by atoms with Gasteiger partial charge in [0.15, 0.2) is 0 Å². The maximum Gasteiger partial charge on any atom is 0.135 e. The number of hydrogen-bond acceptors (Lipinski definition) is 2. The Morgan fingerprint density at radius 2 is 1.78 bits per heavy atom. The second-order valence-electron chi connectivity index (χ2n) is 6.39. The normalized spacial score (nSPS) is 19.5. The van der Waals surface area contributed by atoms with Crippen LogP contribution in [-0.4, -0.2) is 16.8 Å². The van der Waals surface area contributed by atoms with Gasteiger partial charge in [-0.3, -0.25) is 0 Å². The Balaban J connectivity index is 1.87. The number of allylic oxidation sites excluding steroid dienone is 1. The molecule has 1 N–H and O–H groups in total. The first-order valence-electron chi connectivity index (χ1n) is 8.11. The van der Waals surface area contributed by atoms with Crippen LogP contribution in [0.4, 0.5) is 11.4 Å². The number of rotatable bonds is 5. The third kappa shape index (κ3) is 3.35. The summed E-state index contributed by atoms with van der Waals surface area (Å²) in [7, 11) is 0. The van der Waals surface area contributed by atoms with Crippen molar-refractivity contribution in [2.24, 2.45) is 5.10 Å². The fourth-order valence-electron chi connectivity index (χ4n) is 2.82. The lowest BCUT2D eigenvalue weighted by atomic mass is 10.1. The zero-order valence-electron chi connectivity index (χ0n) is 14.0. The highest BCUT2D eigenvalue weighted by Crippen LogP contribution is 2.29. The number of nitrogens with one attached hydrogen (secondary N) is 1. The second kappa shape index (κ2) is 6.39. The number of anilines is 2. The molecule has 0 amide bonds. The molecule has 3 rings (SSSR count). The standard InChI is InChI=1S/C20H24N3/c1-16(2)23(14-6-13-21-23)15-18-7-4-5-8-20(18)22-19-11-9-17(3)10-12-19/h4-14,16,22H,15H2,1-3H3/q+1. The average molecular weight is 306 g/mol. The molecular formula is C20H24N3+. The number of benzene rings is 2. The van der Waals surface area contributed by atoms with Crippen molar-refractivity contribution in [1.82, 2.24) is 0 Å². The lowest BCUT2D eigenvalue weighted by Gasteiger charge is -2.31. The predicted molar refractivity (Wildman–Crippen MR) is 97.6 cm³/mol. The van der Waals surface area contributed by atoms with Crippen molar-refractivity contribution in [2.45, 2.75) is 33.4 Å². The van der Waals surface area contributed by atoms with Gasteiger partial charge in [-0.05, 0) is 39.0 Å². The number of para-hydroxylation sites is 1. The van der Waals surface area contributed by atoms with Gasteiger partial charge in [0.1, 0.15) is 18.8 Å². The van der Waals surface area contributed by atoms with E-state index in [2.05, 4.69) is 80.8 Å². The number of hydrogen-bond donors (Lipinski definition) is 1. The molecule has 3 nitrogen and oxygen atoms in total. The zero-order chi connectivity index (χ0) is 16.3. The molecule has 3 heteroatoms. The summed E-state index contributed by atoms with van der Waals surface area (Å²) in [5.41, 5.74) is 4.79. The molecule has 0 fully saturated rings. The van der Waals surface area contributed by atoms with E-state index < -0.39 is 0 Å². The van der Waals surface area contributed by atoms with Crippen molar-refractivity contribution >= 4 is 17.6 Å². The highest BCUT2D eigenvalue weighted by Gasteiger charge is 2.32. The van der Waals surface area contributed by atoms with Crippen LogP contribution in [0.2, 0.25) is 0 Å². The predicted octanol–water partition coefficient (Wildman–Crippen LogP) is 4.98. The summed E-state index contributed by atoms with van der Waals surface area (Å²) in [5.74, 6) is 0. The molecule has 0 radical (unpaired) electrons. The van der Waals surface area contributed by atoms with E-state index in [9.17, 15) is 0 Å². The van der Waals surface area contributed by atoms with Gasteiger partial charge in [0.25, 0.3) is 0 Å². The van der Waals surface area contributed by atoms with Gasteiger partial charge < -0.3 is 5.32 Å². The van der Waals surface area contributed by atoms with E-state index in [1.807, 2.05) is 12.3 Å². The Morgan fingerprint density at radius 1 is 1.04 bits per heavy atom. The van der Waals surface area contributed by atoms with E-state index >= 15 is 0 Å². The van der Waals surface area contributed by atoms with Crippen LogP contribution in [0.15, 0.2) is 65.9 Å². The van der Waals surface area contributed by atoms with E-state index in [-0.39, 0.29) is 0 Å². The number of quaternary nitrogens is 1. The average Bonchev–Trinajstić information content (AvgIpc) is 3.01. The van der Waals surface area contributed by atoms with E-state index in [0.717, 1.165) is 17.9 Å². The van der Waals surface area contributed by atoms with Crippen LogP contribution in [0.25, 0.3) is 0 Å². The van der Waals surface area contributed by atoms with Crippen LogP contribution < -0.4 is 5.32 Å². The van der Waals surface area contributed by atoms with Crippen molar-refractivity contribution in [2.75, 3.05) is 5.32 Å². The first kappa shape index (κ1) is 15.5. The van der Waals surface area contributed by atoms with Crippen LogP contribution in [0, 0.1) is 6.92 Å². The smallest absolute Gasteiger partial charge is 0.135 e. The third-order valence-corrected chi connectivity index (χ3v) is 4.38. The van der Waals surface area contributed by atoms with Gasteiger partial charge >= 0.3 is 0 Å². The summed E-state index contributed by atoms with van der Waals surface area (Å²) in [6.07, 6.45) is 6.11. The van der Waals surface area contributed by atoms with E-state index in [0.29, 0.717) is 10.6 Å². The lowest BCUT2D eigenvalue weighted by Crippen LogP contribution is -2.41. The topological polar surface area (TPSA) is 24.4 Å². The van der Waals surface area contributed by atoms with Crippen molar-refractivity contribution in [1.29, 1.82) is 0 Å². The van der Waals surface area contributed by atoms with Crippen LogP contribution in [0.1, 0.15) is 25.0 Å². The Labute approximate surface area is 138 Å². The molecule has 2 aromatic rings. The van der Waals surface area contributed by atoms with Crippen LogP contribution in [-0.2, 0) is 6.54 Å². The van der Waals surface area contributed by atoms with Crippen LogP contribution >= 0.6 is 0 Å². The van der Waals surface area contributed by atoms with Gasteiger partial charge in [0.2, 0.25) is 0 Å². The summed E-state index contributed by atoms with van der Waals surface area (Å²) in [4.78, 5) is 0. The number of nitrogens with zero attached hydrogens (tertiary/aromatic N) is 2. The first-order chi connectivity index (χ1) is 11.1. The summed E-state index contributed by atoms with van der Waals surface area (Å²) in [6, 6.07) is 17.4. The molecule has 2 aromatic carbocycles. The van der Waals surface area contributed by atoms with Crippen molar-refractivity contribution in [3.05, 3.63) is 71.9 Å². The minimum absolute atomic E-state index is 0.400. The van der Waals surface area contributed by atoms with Crippen LogP contribution in [0.5, 0.6) is 0 Å². The first-order valence-corrected chi connectivity index (χ1v) is 8.11. The molecule has 1 aliphatic rings. The maximum atomic E-state index is 4.70. The minimum Gasteiger partial charge on any atom is -0.355 e. The summed E-state index contributed by atoms with van der Waals surface area (Å²) in [5, 5.41) is 8.24. The van der Waals surface area contributed by atoms with Crippen molar-refractivity contribution in [3.8, 4) is 0 Å². The fraction of sp³-hybridized carbons (Fsp3) is 0.250. The molecule has 23 heavy (non-hydrogen) atoms. The Morgan fingerprint density at radius 3 is 2.43 bits per heavy atom. The monoisotopic (exact) mass is 306 g/mol. The van der Waals surface area contributed by atoms with Gasteiger partial charge in [0.05, 0.1) is 6.21 Å². The molecule has 1 atom stereocenters. The molecule has 0 bridgehead atoms. The summed E-state index contributed by atoms with van der Waals surface area (Å²) < 4.78 is 0.618. The molecule has 1 unspecified atom stereocenters. The van der Waals surface area contributed by atoms with Gasteiger partial charge in [-0.25, -0.2) is 0 Å². The highest BCUT2D eigenvalue weighted by molar-refractivity contribution is 5.71. The quantitative estimate of drug-likeness (QED) is 0.774. The molecule has 1 aliphatic heterocycles. The molecular weight excluding hydrogens is 282 g/mol. The van der Waals surface area contributed by atoms with Gasteiger partial charge in [-0.1, -0.05) is 41.0 Å². The fourth-order valence-corrected chi connectivity index (χ4v) is 2.82. The van der Waals surface area contributed by atoms with Crippen LogP contribution in [0.3, 0.4) is 0 Å². The Bertz CT molecular complexity index is 715. The van der Waals surface area contributed by atoms with E-state index in [1.54, 1.807) is 0 Å². The van der Waals surface area contributed by atoms with Gasteiger partial charge in [-0.2, -0.15) is 4.59 Å². The number of aryl methyl sites for hydroxylation is 1. The highest BCUT2D eigenvalue weighted by atomic mass is 15.6. The molecule has 0 aromatic heterocycles. The van der Waals surface area contributed by atoms with Gasteiger partial charge in [-0.15, -0.1) is 0 Å².